The Morgan fingerprint density at radius 1 is 1.28 bits per heavy atom. The van der Waals surface area contributed by atoms with Gasteiger partial charge in [0.1, 0.15) is 5.82 Å². The summed E-state index contributed by atoms with van der Waals surface area (Å²) in [5, 5.41) is 12.2. The molecule has 0 spiro atoms. The maximum absolute atomic E-state index is 13.3. The number of nitrogens with one attached hydrogen (secondary N) is 1. The molecule has 0 bridgehead atoms. The summed E-state index contributed by atoms with van der Waals surface area (Å²) in [5.41, 5.74) is 1.87. The highest BCUT2D eigenvalue weighted by molar-refractivity contribution is 6.00. The average molecular weight is 249 g/mol. The van der Waals surface area contributed by atoms with E-state index in [4.69, 9.17) is 5.11 Å². The number of hydrogen-bond acceptors (Lipinski definition) is 3. The van der Waals surface area contributed by atoms with Crippen LogP contribution in [0, 0.1) is 5.82 Å². The van der Waals surface area contributed by atoms with Gasteiger partial charge in [0.15, 0.2) is 5.69 Å². The maximum atomic E-state index is 13.3. The summed E-state index contributed by atoms with van der Waals surface area (Å²) >= 11 is 0. The Hall–Kier alpha value is -2.70. The van der Waals surface area contributed by atoms with Crippen molar-refractivity contribution in [2.45, 2.75) is 0 Å². The Morgan fingerprint density at radius 2 is 2.00 bits per heavy atom. The molecule has 1 aromatic carbocycles. The van der Waals surface area contributed by atoms with Crippen LogP contribution in [0.2, 0.25) is 0 Å². The number of rotatable bonds is 3. The molecule has 0 unspecified atom stereocenters. The molecule has 1 heterocycles. The molecule has 7 heteroatoms. The fraction of sp³-hybridized carbons (Fsp3) is 0. The first-order chi connectivity index (χ1) is 8.58. The summed E-state index contributed by atoms with van der Waals surface area (Å²) in [6.45, 7) is 0. The second-order valence-corrected chi connectivity index (χ2v) is 3.37. The molecule has 92 valence electrons. The third-order valence-electron chi connectivity index (χ3n) is 2.14. The second-order valence-electron chi connectivity index (χ2n) is 3.37. The van der Waals surface area contributed by atoms with Gasteiger partial charge in [-0.1, -0.05) is 12.1 Å². The molecule has 0 saturated heterocycles. The summed E-state index contributed by atoms with van der Waals surface area (Å²) in [7, 11) is 0. The van der Waals surface area contributed by atoms with Crippen LogP contribution in [0.5, 0.6) is 0 Å². The van der Waals surface area contributed by atoms with Crippen molar-refractivity contribution in [3.8, 4) is 0 Å². The molecule has 0 fully saturated rings. The highest BCUT2D eigenvalue weighted by Crippen LogP contribution is 2.06. The molecule has 1 amide bonds. The smallest absolute Gasteiger partial charge is 0.356 e. The lowest BCUT2D eigenvalue weighted by atomic mass is 10.2. The van der Waals surface area contributed by atoms with E-state index in [1.54, 1.807) is 0 Å². The third kappa shape index (κ3) is 2.34. The van der Waals surface area contributed by atoms with E-state index in [0.29, 0.717) is 0 Å². The molecular formula is C11H8FN3O3. The predicted molar refractivity (Wildman–Crippen MR) is 59.3 cm³/mol. The topological polar surface area (TPSA) is 84.2 Å². The largest absolute Gasteiger partial charge is 0.476 e. The fourth-order valence-electron chi connectivity index (χ4n) is 1.31. The quantitative estimate of drug-likeness (QED) is 0.853. The summed E-state index contributed by atoms with van der Waals surface area (Å²) in [5.74, 6) is -2.59. The molecule has 6 nitrogen and oxygen atoms in total. The van der Waals surface area contributed by atoms with Crippen LogP contribution < -0.4 is 5.43 Å². The first kappa shape index (κ1) is 11.8. The third-order valence-corrected chi connectivity index (χ3v) is 2.14. The number of carboxylic acids is 1. The number of benzene rings is 1. The van der Waals surface area contributed by atoms with Gasteiger partial charge in [-0.3, -0.25) is 4.79 Å². The Labute approximate surface area is 101 Å². The summed E-state index contributed by atoms with van der Waals surface area (Å²) in [4.78, 5) is 23.1. The van der Waals surface area contributed by atoms with E-state index in [1.165, 1.54) is 30.5 Å². The molecule has 2 rings (SSSR count). The number of halogens is 1. The van der Waals surface area contributed by atoms with Gasteiger partial charge in [0.25, 0.3) is 5.91 Å². The predicted octanol–water partition coefficient (Wildman–Crippen LogP) is 1.10. The van der Waals surface area contributed by atoms with Crippen molar-refractivity contribution < 1.29 is 19.1 Å². The van der Waals surface area contributed by atoms with Crippen molar-refractivity contribution in [3.63, 3.8) is 0 Å². The fourth-order valence-corrected chi connectivity index (χ4v) is 1.31. The summed E-state index contributed by atoms with van der Waals surface area (Å²) < 4.78 is 13.3. The van der Waals surface area contributed by atoms with Gasteiger partial charge in [-0.25, -0.2) is 14.6 Å². The van der Waals surface area contributed by atoms with Gasteiger partial charge in [-0.2, -0.15) is 4.79 Å². The SMILES string of the molecule is O=C(O)c1ccn(NC(=O)c2ccccc2F)n1. The standard InChI is InChI=1S/C11H8FN3O3/c12-8-4-2-1-3-7(8)10(16)14-15-6-5-9(13-15)11(17)18/h1-6H,(H,14,16)(H,17,18). The lowest BCUT2D eigenvalue weighted by Crippen LogP contribution is -2.24. The van der Waals surface area contributed by atoms with E-state index in [-0.39, 0.29) is 11.3 Å². The van der Waals surface area contributed by atoms with Gasteiger partial charge in [0.05, 0.1) is 5.56 Å². The van der Waals surface area contributed by atoms with Gasteiger partial charge in [-0.05, 0) is 18.2 Å². The van der Waals surface area contributed by atoms with Crippen molar-refractivity contribution >= 4 is 11.9 Å². The van der Waals surface area contributed by atoms with Crippen molar-refractivity contribution in [2.24, 2.45) is 0 Å². The van der Waals surface area contributed by atoms with Crippen LogP contribution in [0.25, 0.3) is 0 Å². The van der Waals surface area contributed by atoms with Gasteiger partial charge >= 0.3 is 5.97 Å². The van der Waals surface area contributed by atoms with Crippen LogP contribution in [-0.2, 0) is 0 Å². The molecule has 1 aromatic heterocycles. The zero-order valence-corrected chi connectivity index (χ0v) is 9.00. The number of aromatic nitrogens is 2. The Kier molecular flexibility index (Phi) is 3.05. The minimum Gasteiger partial charge on any atom is -0.476 e. The number of hydrogen-bond donors (Lipinski definition) is 2. The Balaban J connectivity index is 2.16. The molecule has 0 radical (unpaired) electrons. The molecule has 18 heavy (non-hydrogen) atoms. The number of amides is 1. The number of carbonyl (C=O) groups is 2. The Morgan fingerprint density at radius 3 is 2.61 bits per heavy atom. The normalized spacial score (nSPS) is 10.1. The molecular weight excluding hydrogens is 241 g/mol. The second kappa shape index (κ2) is 4.66. The molecule has 0 aliphatic rings. The highest BCUT2D eigenvalue weighted by Gasteiger charge is 2.12. The lowest BCUT2D eigenvalue weighted by molar-refractivity contribution is 0.0689. The zero-order valence-electron chi connectivity index (χ0n) is 9.00. The van der Waals surface area contributed by atoms with E-state index in [1.807, 2.05) is 0 Å². The maximum Gasteiger partial charge on any atom is 0.356 e. The highest BCUT2D eigenvalue weighted by atomic mass is 19.1. The van der Waals surface area contributed by atoms with Gasteiger partial charge in [0.2, 0.25) is 0 Å². The van der Waals surface area contributed by atoms with Crippen LogP contribution in [0.3, 0.4) is 0 Å². The van der Waals surface area contributed by atoms with E-state index < -0.39 is 17.7 Å². The van der Waals surface area contributed by atoms with E-state index in [9.17, 15) is 14.0 Å². The molecule has 2 aromatic rings. The van der Waals surface area contributed by atoms with Crippen molar-refractivity contribution in [1.82, 2.24) is 9.89 Å². The minimum absolute atomic E-state index is 0.148. The molecule has 0 atom stereocenters. The number of carboxylic acid groups (broad SMARTS) is 1. The first-order valence-electron chi connectivity index (χ1n) is 4.93. The van der Waals surface area contributed by atoms with Crippen LogP contribution in [0.4, 0.5) is 4.39 Å². The first-order valence-corrected chi connectivity index (χ1v) is 4.93. The lowest BCUT2D eigenvalue weighted by Gasteiger charge is -2.05. The summed E-state index contributed by atoms with van der Waals surface area (Å²) in [6, 6.07) is 6.66. The van der Waals surface area contributed by atoms with Crippen molar-refractivity contribution in [1.29, 1.82) is 0 Å². The number of aromatic carboxylic acids is 1. The summed E-state index contributed by atoms with van der Waals surface area (Å²) in [6.07, 6.45) is 1.25. The monoisotopic (exact) mass is 249 g/mol. The van der Waals surface area contributed by atoms with Crippen LogP contribution in [-0.4, -0.2) is 26.9 Å². The van der Waals surface area contributed by atoms with Crippen LogP contribution in [0.15, 0.2) is 36.5 Å². The van der Waals surface area contributed by atoms with Crippen LogP contribution >= 0.6 is 0 Å². The Bertz CT molecular complexity index is 609. The van der Waals surface area contributed by atoms with Gasteiger partial charge in [-0.15, -0.1) is 5.10 Å². The van der Waals surface area contributed by atoms with Crippen molar-refractivity contribution in [2.75, 3.05) is 5.43 Å². The average Bonchev–Trinajstić information content (AvgIpc) is 2.78. The van der Waals surface area contributed by atoms with Crippen LogP contribution in [0.1, 0.15) is 20.8 Å². The van der Waals surface area contributed by atoms with E-state index in [0.717, 1.165) is 10.9 Å². The number of carbonyl (C=O) groups excluding carboxylic acids is 1. The van der Waals surface area contributed by atoms with Gasteiger partial charge in [0, 0.05) is 6.20 Å². The van der Waals surface area contributed by atoms with E-state index >= 15 is 0 Å². The van der Waals surface area contributed by atoms with Gasteiger partial charge < -0.3 is 5.11 Å². The number of nitrogens with zero attached hydrogens (tertiary/aromatic N) is 2. The molecule has 0 saturated carbocycles. The van der Waals surface area contributed by atoms with E-state index in [2.05, 4.69) is 10.5 Å². The van der Waals surface area contributed by atoms with Crippen molar-refractivity contribution in [3.05, 3.63) is 53.6 Å². The molecule has 0 aliphatic heterocycles. The molecule has 0 aliphatic carbocycles. The molecule has 2 N–H and O–H groups in total. The zero-order chi connectivity index (χ0) is 13.1. The minimum atomic E-state index is -1.21.